The summed E-state index contributed by atoms with van der Waals surface area (Å²) in [5, 5.41) is 5.88. The summed E-state index contributed by atoms with van der Waals surface area (Å²) < 4.78 is 0. The highest BCUT2D eigenvalue weighted by Crippen LogP contribution is 2.12. The van der Waals surface area contributed by atoms with Crippen LogP contribution in [0.1, 0.15) is 11.1 Å². The Balaban J connectivity index is 1.81. The molecule has 5 nitrogen and oxygen atoms in total. The minimum Gasteiger partial charge on any atom is -0.376 e. The molecule has 2 aromatic rings. The minimum atomic E-state index is -0.217. The Morgan fingerprint density at radius 3 is 2.33 bits per heavy atom. The van der Waals surface area contributed by atoms with Crippen molar-refractivity contribution in [2.45, 2.75) is 13.8 Å². The molecule has 0 aliphatic carbocycles. The zero-order valence-electron chi connectivity index (χ0n) is 14.3. The predicted octanol–water partition coefficient (Wildman–Crippen LogP) is 2.81. The molecule has 0 heterocycles. The Bertz CT molecular complexity index is 711. The van der Waals surface area contributed by atoms with E-state index in [2.05, 4.69) is 10.6 Å². The average Bonchev–Trinajstić information content (AvgIpc) is 2.56. The molecule has 0 aliphatic heterocycles. The molecule has 0 saturated heterocycles. The summed E-state index contributed by atoms with van der Waals surface area (Å²) in [5.41, 5.74) is 3.85. The summed E-state index contributed by atoms with van der Waals surface area (Å²) in [4.78, 5) is 25.6. The number of carbonyl (C=O) groups excluding carboxylic acids is 2. The first-order valence-electron chi connectivity index (χ1n) is 7.85. The molecule has 0 atom stereocenters. The zero-order valence-corrected chi connectivity index (χ0v) is 14.3. The minimum absolute atomic E-state index is 0.0160. The van der Waals surface area contributed by atoms with E-state index < -0.39 is 0 Å². The van der Waals surface area contributed by atoms with Gasteiger partial charge in [0.2, 0.25) is 11.8 Å². The molecule has 2 rings (SSSR count). The third kappa shape index (κ3) is 5.12. The Labute approximate surface area is 142 Å². The molecule has 126 valence electrons. The van der Waals surface area contributed by atoms with Crippen molar-refractivity contribution in [2.24, 2.45) is 0 Å². The van der Waals surface area contributed by atoms with Crippen LogP contribution < -0.4 is 10.6 Å². The second-order valence-electron chi connectivity index (χ2n) is 5.83. The van der Waals surface area contributed by atoms with Crippen molar-refractivity contribution in [1.29, 1.82) is 0 Å². The van der Waals surface area contributed by atoms with E-state index in [1.165, 1.54) is 4.90 Å². The van der Waals surface area contributed by atoms with Crippen molar-refractivity contribution in [2.75, 3.05) is 30.8 Å². The van der Waals surface area contributed by atoms with E-state index in [1.807, 2.05) is 62.4 Å². The number of anilines is 2. The lowest BCUT2D eigenvalue weighted by Gasteiger charge is -2.18. The quantitative estimate of drug-likeness (QED) is 0.858. The van der Waals surface area contributed by atoms with Gasteiger partial charge in [0.25, 0.3) is 0 Å². The van der Waals surface area contributed by atoms with Crippen LogP contribution in [0.5, 0.6) is 0 Å². The molecule has 2 amide bonds. The number of hydrogen-bond acceptors (Lipinski definition) is 3. The van der Waals surface area contributed by atoms with Gasteiger partial charge in [0.05, 0.1) is 13.1 Å². The fourth-order valence-corrected chi connectivity index (χ4v) is 2.22. The molecule has 24 heavy (non-hydrogen) atoms. The number of nitrogens with one attached hydrogen (secondary N) is 2. The highest BCUT2D eigenvalue weighted by atomic mass is 16.2. The van der Waals surface area contributed by atoms with Crippen molar-refractivity contribution in [3.8, 4) is 0 Å². The number of likely N-dealkylation sites (N-methyl/N-ethyl adjacent to an activating group) is 1. The van der Waals surface area contributed by atoms with Gasteiger partial charge in [0.1, 0.15) is 0 Å². The van der Waals surface area contributed by atoms with Crippen molar-refractivity contribution < 1.29 is 9.59 Å². The van der Waals surface area contributed by atoms with E-state index in [0.717, 1.165) is 22.5 Å². The zero-order chi connectivity index (χ0) is 17.5. The van der Waals surface area contributed by atoms with E-state index in [-0.39, 0.29) is 24.9 Å². The maximum atomic E-state index is 12.1. The molecule has 0 aromatic heterocycles. The van der Waals surface area contributed by atoms with E-state index in [0.29, 0.717) is 0 Å². The highest BCUT2D eigenvalue weighted by molar-refractivity contribution is 5.95. The summed E-state index contributed by atoms with van der Waals surface area (Å²) in [6.07, 6.45) is 0. The van der Waals surface area contributed by atoms with Gasteiger partial charge in [0, 0.05) is 18.4 Å². The van der Waals surface area contributed by atoms with Crippen LogP contribution in [0.15, 0.2) is 48.5 Å². The van der Waals surface area contributed by atoms with Crippen LogP contribution >= 0.6 is 0 Å². The van der Waals surface area contributed by atoms with Gasteiger partial charge in [-0.3, -0.25) is 9.59 Å². The van der Waals surface area contributed by atoms with Gasteiger partial charge in [-0.15, -0.1) is 0 Å². The van der Waals surface area contributed by atoms with Crippen molar-refractivity contribution in [1.82, 2.24) is 4.90 Å². The molecule has 0 radical (unpaired) electrons. The van der Waals surface area contributed by atoms with Crippen molar-refractivity contribution in [3.05, 3.63) is 59.7 Å². The van der Waals surface area contributed by atoms with Crippen molar-refractivity contribution >= 4 is 23.2 Å². The van der Waals surface area contributed by atoms with Gasteiger partial charge in [0.15, 0.2) is 0 Å². The highest BCUT2D eigenvalue weighted by Gasteiger charge is 2.13. The van der Waals surface area contributed by atoms with Gasteiger partial charge >= 0.3 is 0 Å². The fraction of sp³-hybridized carbons (Fsp3) is 0.263. The molecule has 2 aromatic carbocycles. The number of nitrogens with zero attached hydrogens (tertiary/aromatic N) is 1. The second-order valence-corrected chi connectivity index (χ2v) is 5.83. The third-order valence-electron chi connectivity index (χ3n) is 3.72. The molecule has 2 N–H and O–H groups in total. The normalized spacial score (nSPS) is 10.1. The summed E-state index contributed by atoms with van der Waals surface area (Å²) in [7, 11) is 1.62. The van der Waals surface area contributed by atoms with Crippen LogP contribution in [0.25, 0.3) is 0 Å². The first-order chi connectivity index (χ1) is 11.5. The number of para-hydroxylation sites is 1. The van der Waals surface area contributed by atoms with Gasteiger partial charge in [-0.1, -0.05) is 35.9 Å². The first kappa shape index (κ1) is 17.5. The lowest BCUT2D eigenvalue weighted by atomic mass is 10.2. The predicted molar refractivity (Wildman–Crippen MR) is 97.1 cm³/mol. The summed E-state index contributed by atoms with van der Waals surface area (Å²) >= 11 is 0. The van der Waals surface area contributed by atoms with E-state index in [4.69, 9.17) is 0 Å². The standard InChI is InChI=1S/C19H23N3O2/c1-14-8-10-16(11-9-14)21-18(23)13-22(3)19(24)12-20-17-7-5-4-6-15(17)2/h4-11,20H,12-13H2,1-3H3,(H,21,23). The van der Waals surface area contributed by atoms with Crippen molar-refractivity contribution in [3.63, 3.8) is 0 Å². The number of rotatable bonds is 6. The smallest absolute Gasteiger partial charge is 0.243 e. The Morgan fingerprint density at radius 2 is 1.67 bits per heavy atom. The number of benzene rings is 2. The maximum absolute atomic E-state index is 12.1. The van der Waals surface area contributed by atoms with Crippen LogP contribution in [-0.4, -0.2) is 36.9 Å². The molecule has 0 spiro atoms. The van der Waals surface area contributed by atoms with Gasteiger partial charge in [-0.05, 0) is 37.6 Å². The van der Waals surface area contributed by atoms with Gasteiger partial charge < -0.3 is 15.5 Å². The summed E-state index contributed by atoms with van der Waals surface area (Å²) in [6, 6.07) is 15.3. The largest absolute Gasteiger partial charge is 0.376 e. The number of hydrogen-bond donors (Lipinski definition) is 2. The maximum Gasteiger partial charge on any atom is 0.243 e. The molecule has 0 unspecified atom stereocenters. The molecular weight excluding hydrogens is 302 g/mol. The van der Waals surface area contributed by atoms with Crippen LogP contribution in [-0.2, 0) is 9.59 Å². The number of aryl methyl sites for hydroxylation is 2. The molecule has 0 fully saturated rings. The summed E-state index contributed by atoms with van der Waals surface area (Å²) in [5.74, 6) is -0.358. The first-order valence-corrected chi connectivity index (χ1v) is 7.85. The molecule has 0 bridgehead atoms. The number of amides is 2. The topological polar surface area (TPSA) is 61.4 Å². The molecule has 0 aliphatic rings. The average molecular weight is 325 g/mol. The summed E-state index contributed by atoms with van der Waals surface area (Å²) in [6.45, 7) is 4.13. The van der Waals surface area contributed by atoms with E-state index in [1.54, 1.807) is 7.05 Å². The Morgan fingerprint density at radius 1 is 1.00 bits per heavy atom. The third-order valence-corrected chi connectivity index (χ3v) is 3.72. The SMILES string of the molecule is Cc1ccc(NC(=O)CN(C)C(=O)CNc2ccccc2C)cc1. The lowest BCUT2D eigenvalue weighted by Crippen LogP contribution is -2.38. The number of carbonyl (C=O) groups is 2. The van der Waals surface area contributed by atoms with E-state index in [9.17, 15) is 9.59 Å². The molecule has 5 heteroatoms. The van der Waals surface area contributed by atoms with Crippen LogP contribution in [0.4, 0.5) is 11.4 Å². The fourth-order valence-electron chi connectivity index (χ4n) is 2.22. The van der Waals surface area contributed by atoms with Crippen LogP contribution in [0, 0.1) is 13.8 Å². The molecule has 0 saturated carbocycles. The van der Waals surface area contributed by atoms with Gasteiger partial charge in [-0.2, -0.15) is 0 Å². The van der Waals surface area contributed by atoms with Crippen LogP contribution in [0.2, 0.25) is 0 Å². The Hall–Kier alpha value is -2.82. The monoisotopic (exact) mass is 325 g/mol. The second kappa shape index (κ2) is 8.15. The van der Waals surface area contributed by atoms with Gasteiger partial charge in [-0.25, -0.2) is 0 Å². The lowest BCUT2D eigenvalue weighted by molar-refractivity contribution is -0.131. The Kier molecular flexibility index (Phi) is 5.95. The van der Waals surface area contributed by atoms with E-state index >= 15 is 0 Å². The molecular formula is C19H23N3O2. The van der Waals surface area contributed by atoms with Crippen LogP contribution in [0.3, 0.4) is 0 Å².